The van der Waals surface area contributed by atoms with Crippen LogP contribution in [0.25, 0.3) is 0 Å². The van der Waals surface area contributed by atoms with Gasteiger partial charge < -0.3 is 19.5 Å². The van der Waals surface area contributed by atoms with Crippen LogP contribution < -0.4 is 19.5 Å². The predicted molar refractivity (Wildman–Crippen MR) is 110 cm³/mol. The summed E-state index contributed by atoms with van der Waals surface area (Å²) in [5.74, 6) is 2.59. The summed E-state index contributed by atoms with van der Waals surface area (Å²) in [6.07, 6.45) is 0.997. The summed E-state index contributed by atoms with van der Waals surface area (Å²) in [5, 5.41) is 3.55. The molecule has 1 unspecified atom stereocenters. The Morgan fingerprint density at radius 1 is 0.857 bits per heavy atom. The molecule has 1 atom stereocenters. The molecule has 1 aliphatic rings. The summed E-state index contributed by atoms with van der Waals surface area (Å²) < 4.78 is 17.2. The molecule has 4 nitrogen and oxygen atoms in total. The number of rotatable bonds is 7. The van der Waals surface area contributed by atoms with Gasteiger partial charge in [0, 0.05) is 0 Å². The summed E-state index contributed by atoms with van der Waals surface area (Å²) in [7, 11) is 1.66. The molecule has 0 bridgehead atoms. The summed E-state index contributed by atoms with van der Waals surface area (Å²) in [4.78, 5) is 0. The standard InChI is InChI=1S/C24H25NO3/c1-26-20-7-9-21(10-8-20)28-17-24-23-12-11-22(15-19(23)13-14-25-24)27-16-18-5-3-2-4-6-18/h2-12,15,24-25H,13-14,16-17H2,1H3. The summed E-state index contributed by atoms with van der Waals surface area (Å²) in [5.41, 5.74) is 3.78. The first-order chi connectivity index (χ1) is 13.8. The van der Waals surface area contributed by atoms with E-state index in [0.717, 1.165) is 30.2 Å². The van der Waals surface area contributed by atoms with Crippen molar-refractivity contribution in [2.45, 2.75) is 19.1 Å². The molecule has 1 heterocycles. The molecule has 3 aromatic rings. The van der Waals surface area contributed by atoms with E-state index in [0.29, 0.717) is 13.2 Å². The van der Waals surface area contributed by atoms with Crippen molar-refractivity contribution in [3.8, 4) is 17.2 Å². The van der Waals surface area contributed by atoms with E-state index >= 15 is 0 Å². The second-order valence-electron chi connectivity index (χ2n) is 6.88. The zero-order valence-electron chi connectivity index (χ0n) is 16.1. The fourth-order valence-electron chi connectivity index (χ4n) is 3.46. The third kappa shape index (κ3) is 4.46. The third-order valence-electron chi connectivity index (χ3n) is 5.00. The van der Waals surface area contributed by atoms with Gasteiger partial charge in [-0.25, -0.2) is 0 Å². The monoisotopic (exact) mass is 375 g/mol. The molecular formula is C24H25NO3. The Kier molecular flexibility index (Phi) is 5.78. The molecule has 0 spiro atoms. The SMILES string of the molecule is COc1ccc(OCC2NCCc3cc(OCc4ccccc4)ccc32)cc1. The molecule has 0 saturated heterocycles. The highest BCUT2D eigenvalue weighted by atomic mass is 16.5. The van der Waals surface area contributed by atoms with Crippen LogP contribution >= 0.6 is 0 Å². The average molecular weight is 375 g/mol. The van der Waals surface area contributed by atoms with Crippen LogP contribution in [-0.4, -0.2) is 20.3 Å². The number of benzene rings is 3. The van der Waals surface area contributed by atoms with Crippen molar-refractivity contribution < 1.29 is 14.2 Å². The van der Waals surface area contributed by atoms with Crippen molar-refractivity contribution in [2.75, 3.05) is 20.3 Å². The van der Waals surface area contributed by atoms with Gasteiger partial charge in [-0.3, -0.25) is 0 Å². The van der Waals surface area contributed by atoms with Crippen molar-refractivity contribution in [2.24, 2.45) is 0 Å². The Balaban J connectivity index is 1.39. The normalized spacial score (nSPS) is 15.5. The lowest BCUT2D eigenvalue weighted by molar-refractivity contribution is 0.260. The van der Waals surface area contributed by atoms with E-state index < -0.39 is 0 Å². The number of nitrogens with one attached hydrogen (secondary N) is 1. The maximum atomic E-state index is 5.99. The van der Waals surface area contributed by atoms with Gasteiger partial charge in [0.15, 0.2) is 0 Å². The first kappa shape index (κ1) is 18.4. The van der Waals surface area contributed by atoms with Crippen LogP contribution in [0, 0.1) is 0 Å². The van der Waals surface area contributed by atoms with Crippen molar-refractivity contribution in [3.63, 3.8) is 0 Å². The second-order valence-corrected chi connectivity index (χ2v) is 6.88. The highest BCUT2D eigenvalue weighted by molar-refractivity contribution is 5.40. The van der Waals surface area contributed by atoms with Crippen molar-refractivity contribution in [3.05, 3.63) is 89.5 Å². The molecule has 144 valence electrons. The molecule has 3 aromatic carbocycles. The van der Waals surface area contributed by atoms with E-state index in [-0.39, 0.29) is 6.04 Å². The minimum absolute atomic E-state index is 0.175. The topological polar surface area (TPSA) is 39.7 Å². The molecule has 0 radical (unpaired) electrons. The quantitative estimate of drug-likeness (QED) is 0.658. The molecule has 4 heteroatoms. The van der Waals surface area contributed by atoms with Crippen LogP contribution in [0.2, 0.25) is 0 Å². The predicted octanol–water partition coefficient (Wildman–Crippen LogP) is 4.54. The van der Waals surface area contributed by atoms with Gasteiger partial charge in [-0.2, -0.15) is 0 Å². The largest absolute Gasteiger partial charge is 0.497 e. The van der Waals surface area contributed by atoms with Crippen LogP contribution in [0.1, 0.15) is 22.7 Å². The molecule has 4 rings (SSSR count). The first-order valence-corrected chi connectivity index (χ1v) is 9.61. The Morgan fingerprint density at radius 3 is 2.39 bits per heavy atom. The Bertz CT molecular complexity index is 893. The molecule has 0 fully saturated rings. The zero-order valence-corrected chi connectivity index (χ0v) is 16.1. The van der Waals surface area contributed by atoms with Crippen molar-refractivity contribution in [1.29, 1.82) is 0 Å². The van der Waals surface area contributed by atoms with Crippen LogP contribution in [0.5, 0.6) is 17.2 Å². The highest BCUT2D eigenvalue weighted by Gasteiger charge is 2.21. The van der Waals surface area contributed by atoms with Gasteiger partial charge in [-0.15, -0.1) is 0 Å². The second kappa shape index (κ2) is 8.81. The number of hydrogen-bond acceptors (Lipinski definition) is 4. The van der Waals surface area contributed by atoms with Gasteiger partial charge in [0.25, 0.3) is 0 Å². The lowest BCUT2D eigenvalue weighted by Gasteiger charge is -2.27. The average Bonchev–Trinajstić information content (AvgIpc) is 2.77. The third-order valence-corrected chi connectivity index (χ3v) is 5.00. The molecule has 0 aliphatic carbocycles. The van der Waals surface area contributed by atoms with Gasteiger partial charge in [0.2, 0.25) is 0 Å². The molecule has 0 amide bonds. The van der Waals surface area contributed by atoms with Gasteiger partial charge in [-0.05, 0) is 66.1 Å². The summed E-state index contributed by atoms with van der Waals surface area (Å²) in [6.45, 7) is 2.11. The van der Waals surface area contributed by atoms with E-state index in [4.69, 9.17) is 14.2 Å². The maximum Gasteiger partial charge on any atom is 0.120 e. The number of hydrogen-bond donors (Lipinski definition) is 1. The smallest absolute Gasteiger partial charge is 0.120 e. The number of methoxy groups -OCH3 is 1. The molecule has 0 saturated carbocycles. The number of fused-ring (bicyclic) bond motifs is 1. The molecule has 28 heavy (non-hydrogen) atoms. The molecule has 1 N–H and O–H groups in total. The van der Waals surface area contributed by atoms with Crippen LogP contribution in [0.4, 0.5) is 0 Å². The fourth-order valence-corrected chi connectivity index (χ4v) is 3.46. The number of ether oxygens (including phenoxy) is 3. The van der Waals surface area contributed by atoms with E-state index in [1.165, 1.54) is 16.7 Å². The zero-order chi connectivity index (χ0) is 19.2. The molecule has 1 aliphatic heterocycles. The molecular weight excluding hydrogens is 350 g/mol. The Morgan fingerprint density at radius 2 is 1.61 bits per heavy atom. The summed E-state index contributed by atoms with van der Waals surface area (Å²) in [6, 6.07) is 24.5. The highest BCUT2D eigenvalue weighted by Crippen LogP contribution is 2.28. The van der Waals surface area contributed by atoms with Gasteiger partial charge in [-0.1, -0.05) is 36.4 Å². The van der Waals surface area contributed by atoms with E-state index in [1.807, 2.05) is 42.5 Å². The fraction of sp³-hybridized carbons (Fsp3) is 0.250. The van der Waals surface area contributed by atoms with Gasteiger partial charge in [0.05, 0.1) is 13.2 Å². The van der Waals surface area contributed by atoms with E-state index in [2.05, 4.69) is 35.6 Å². The van der Waals surface area contributed by atoms with Crippen LogP contribution in [0.15, 0.2) is 72.8 Å². The van der Waals surface area contributed by atoms with Crippen LogP contribution in [0.3, 0.4) is 0 Å². The van der Waals surface area contributed by atoms with Gasteiger partial charge in [0.1, 0.15) is 30.5 Å². The minimum atomic E-state index is 0.175. The summed E-state index contributed by atoms with van der Waals surface area (Å²) >= 11 is 0. The van der Waals surface area contributed by atoms with Crippen LogP contribution in [-0.2, 0) is 13.0 Å². The minimum Gasteiger partial charge on any atom is -0.497 e. The lowest BCUT2D eigenvalue weighted by atomic mass is 9.94. The Hall–Kier alpha value is -2.98. The van der Waals surface area contributed by atoms with Gasteiger partial charge >= 0.3 is 0 Å². The maximum absolute atomic E-state index is 5.99. The molecule has 0 aromatic heterocycles. The van der Waals surface area contributed by atoms with E-state index in [9.17, 15) is 0 Å². The Labute approximate surface area is 166 Å². The van der Waals surface area contributed by atoms with Crippen molar-refractivity contribution in [1.82, 2.24) is 5.32 Å². The van der Waals surface area contributed by atoms with Crippen molar-refractivity contribution >= 4 is 0 Å². The first-order valence-electron chi connectivity index (χ1n) is 9.61. The van der Waals surface area contributed by atoms with E-state index in [1.54, 1.807) is 7.11 Å². The lowest BCUT2D eigenvalue weighted by Crippen LogP contribution is -2.33.